The summed E-state index contributed by atoms with van der Waals surface area (Å²) in [6.07, 6.45) is 12.1. The fraction of sp³-hybridized carbons (Fsp3) is 0.463. The Hall–Kier alpha value is -4.53. The van der Waals surface area contributed by atoms with E-state index < -0.39 is 48.9 Å². The zero-order valence-electron chi connectivity index (χ0n) is 48.0. The van der Waals surface area contributed by atoms with Gasteiger partial charge in [0.25, 0.3) is 16.6 Å². The second kappa shape index (κ2) is 24.1. The van der Waals surface area contributed by atoms with Gasteiger partial charge in [0.15, 0.2) is 0 Å². The second-order valence-corrected chi connectivity index (χ2v) is 35.7. The molecule has 3 fully saturated rings. The standard InChI is InChI=1S/C67H87FO6SSi2/c1-50(29-27-45-66(8,9)72-49-71-11)59-43-44-60-51(30-28-46-67(59,60)10)41-42-52-47-53(73-76(64(2,3)4,55-33-19-13-20-34-55)56-35-21-14-22-36-56)48-61(62(52)63(68)75(69,70)54-31-17-12-18-32-54)74-77(65(5,6)7,57-37-23-15-24-38-57)58-39-25-16-26-40-58/h12-26,31-42,50,53,59-61H,27-30,43-49H2,1-11H3/b51-41+,52-42+,63-62-/t50-,53-,59-,60+,61+,67-/m1/s1. The highest BCUT2D eigenvalue weighted by atomic mass is 32.2. The van der Waals surface area contributed by atoms with E-state index in [-0.39, 0.29) is 32.9 Å². The van der Waals surface area contributed by atoms with E-state index in [1.807, 2.05) is 36.4 Å². The minimum absolute atomic E-state index is 0.0854. The van der Waals surface area contributed by atoms with Crippen molar-refractivity contribution in [3.63, 3.8) is 0 Å². The lowest BCUT2D eigenvalue weighted by Gasteiger charge is -2.49. The van der Waals surface area contributed by atoms with Crippen LogP contribution >= 0.6 is 0 Å². The van der Waals surface area contributed by atoms with Crippen LogP contribution in [0.1, 0.15) is 133 Å². The van der Waals surface area contributed by atoms with Gasteiger partial charge in [0, 0.05) is 19.1 Å². The number of hydrogen-bond donors (Lipinski definition) is 0. The molecule has 0 radical (unpaired) electrons. The molecule has 3 saturated carbocycles. The van der Waals surface area contributed by atoms with E-state index in [2.05, 4.69) is 166 Å². The molecule has 0 aliphatic heterocycles. The summed E-state index contributed by atoms with van der Waals surface area (Å²) in [5.41, 5.74) is 1.96. The Kier molecular flexibility index (Phi) is 18.3. The maximum atomic E-state index is 18.7. The van der Waals surface area contributed by atoms with Gasteiger partial charge in [-0.2, -0.15) is 4.39 Å². The first-order valence-electron chi connectivity index (χ1n) is 28.4. The number of hydrogen-bond acceptors (Lipinski definition) is 6. The van der Waals surface area contributed by atoms with Crippen LogP contribution in [-0.2, 0) is 28.2 Å². The van der Waals surface area contributed by atoms with Crippen molar-refractivity contribution in [2.24, 2.45) is 23.2 Å². The fourth-order valence-electron chi connectivity index (χ4n) is 14.1. The van der Waals surface area contributed by atoms with Crippen molar-refractivity contribution in [3.05, 3.63) is 186 Å². The molecular weight excluding hydrogens is 1010 g/mol. The predicted molar refractivity (Wildman–Crippen MR) is 320 cm³/mol. The minimum Gasteiger partial charge on any atom is -0.404 e. The monoisotopic (exact) mass is 1090 g/mol. The van der Waals surface area contributed by atoms with Crippen LogP contribution in [-0.4, -0.2) is 56.8 Å². The molecule has 3 aliphatic carbocycles. The van der Waals surface area contributed by atoms with Gasteiger partial charge in [-0.15, -0.1) is 0 Å². The van der Waals surface area contributed by atoms with Gasteiger partial charge in [0.2, 0.25) is 15.0 Å². The Bertz CT molecular complexity index is 2850. The number of benzene rings is 5. The van der Waals surface area contributed by atoms with Gasteiger partial charge in [-0.1, -0.05) is 225 Å². The quantitative estimate of drug-likeness (QED) is 0.0606. The highest BCUT2D eigenvalue weighted by Crippen LogP contribution is 2.60. The largest absolute Gasteiger partial charge is 0.404 e. The van der Waals surface area contributed by atoms with Crippen molar-refractivity contribution in [2.45, 2.75) is 166 Å². The fourth-order valence-corrected chi connectivity index (χ4v) is 24.7. The third kappa shape index (κ3) is 12.2. The third-order valence-corrected chi connectivity index (χ3v) is 29.5. The summed E-state index contributed by atoms with van der Waals surface area (Å²) in [5, 5.41) is 2.34. The van der Waals surface area contributed by atoms with E-state index in [1.54, 1.807) is 25.3 Å². The zero-order valence-corrected chi connectivity index (χ0v) is 50.8. The first-order valence-corrected chi connectivity index (χ1v) is 33.7. The average Bonchev–Trinajstić information content (AvgIpc) is 3.80. The molecular formula is C67H87FO6SSi2. The molecule has 0 heterocycles. The van der Waals surface area contributed by atoms with Crippen molar-refractivity contribution in [1.82, 2.24) is 0 Å². The summed E-state index contributed by atoms with van der Waals surface area (Å²) in [6, 6.07) is 50.1. The van der Waals surface area contributed by atoms with E-state index in [9.17, 15) is 0 Å². The van der Waals surface area contributed by atoms with Gasteiger partial charge in [-0.05, 0) is 130 Å². The van der Waals surface area contributed by atoms with Gasteiger partial charge in [0.1, 0.15) is 6.79 Å². The number of halogens is 1. The van der Waals surface area contributed by atoms with Gasteiger partial charge in [0.05, 0.1) is 22.7 Å². The van der Waals surface area contributed by atoms with E-state index in [0.29, 0.717) is 36.5 Å². The van der Waals surface area contributed by atoms with E-state index in [0.717, 1.165) is 65.7 Å². The molecule has 0 saturated heterocycles. The number of sulfone groups is 1. The molecule has 412 valence electrons. The average molecular weight is 1100 g/mol. The molecule has 10 heteroatoms. The smallest absolute Gasteiger partial charge is 0.261 e. The van der Waals surface area contributed by atoms with Crippen molar-refractivity contribution in [3.8, 4) is 0 Å². The molecule has 0 bridgehead atoms. The number of fused-ring (bicyclic) bond motifs is 1. The molecule has 0 amide bonds. The summed E-state index contributed by atoms with van der Waals surface area (Å²) < 4.78 is 76.2. The molecule has 0 N–H and O–H groups in total. The first kappa shape index (κ1) is 58.6. The number of ether oxygens (including phenoxy) is 2. The summed E-state index contributed by atoms with van der Waals surface area (Å²) in [5.74, 6) is 1.48. The molecule has 0 spiro atoms. The number of rotatable bonds is 19. The summed E-state index contributed by atoms with van der Waals surface area (Å²) in [6.45, 7) is 23.1. The topological polar surface area (TPSA) is 71.1 Å². The summed E-state index contributed by atoms with van der Waals surface area (Å²) >= 11 is 0. The Labute approximate surface area is 464 Å². The Balaban J connectivity index is 1.32. The lowest BCUT2D eigenvalue weighted by molar-refractivity contribution is -0.118. The normalized spacial score (nSPS) is 23.9. The van der Waals surface area contributed by atoms with Crippen LogP contribution in [0.2, 0.25) is 10.1 Å². The van der Waals surface area contributed by atoms with Crippen molar-refractivity contribution in [1.29, 1.82) is 0 Å². The molecule has 8 rings (SSSR count). The van der Waals surface area contributed by atoms with Crippen molar-refractivity contribution < 1.29 is 31.1 Å². The third-order valence-electron chi connectivity index (χ3n) is 17.8. The van der Waals surface area contributed by atoms with E-state index in [4.69, 9.17) is 18.3 Å². The highest BCUT2D eigenvalue weighted by Gasteiger charge is 2.56. The first-order chi connectivity index (χ1) is 36.6. The molecule has 3 aliphatic rings. The summed E-state index contributed by atoms with van der Waals surface area (Å²) in [7, 11) is -9.66. The van der Waals surface area contributed by atoms with Crippen LogP contribution in [0.15, 0.2) is 191 Å². The van der Waals surface area contributed by atoms with E-state index >= 15 is 12.8 Å². The molecule has 5 aromatic carbocycles. The van der Waals surface area contributed by atoms with Crippen LogP contribution in [0.4, 0.5) is 4.39 Å². The van der Waals surface area contributed by atoms with Gasteiger partial charge in [-0.25, -0.2) is 8.42 Å². The SMILES string of the molecule is COCOC(C)(C)CCC[C@@H](C)[C@H]1CC[C@H]2/C(=C/C=C3\C[C@@H](O[Si](c4ccccc4)(c4ccccc4)C(C)(C)C)C[C@H](O[Si](c4ccccc4)(c4ccccc4)C(C)(C)C)\C3=C(\F)S(=O)(=O)c3ccccc3)CCC[C@]12C. The Morgan fingerprint density at radius 1 is 0.701 bits per heavy atom. The highest BCUT2D eigenvalue weighted by molar-refractivity contribution is 7.95. The van der Waals surface area contributed by atoms with Crippen LogP contribution < -0.4 is 20.7 Å². The Morgan fingerprint density at radius 3 is 1.66 bits per heavy atom. The maximum Gasteiger partial charge on any atom is 0.261 e. The molecule has 6 nitrogen and oxygen atoms in total. The van der Waals surface area contributed by atoms with Crippen molar-refractivity contribution >= 4 is 47.2 Å². The van der Waals surface area contributed by atoms with Gasteiger partial charge >= 0.3 is 0 Å². The van der Waals surface area contributed by atoms with Crippen molar-refractivity contribution in [2.75, 3.05) is 13.9 Å². The minimum atomic E-state index is -4.65. The Morgan fingerprint density at radius 2 is 1.18 bits per heavy atom. The maximum absolute atomic E-state index is 18.7. The van der Waals surface area contributed by atoms with Gasteiger partial charge in [-0.3, -0.25) is 0 Å². The van der Waals surface area contributed by atoms with Crippen LogP contribution in [0.5, 0.6) is 0 Å². The number of methoxy groups -OCH3 is 1. The molecule has 0 unspecified atom stereocenters. The second-order valence-electron chi connectivity index (χ2n) is 25.3. The van der Waals surface area contributed by atoms with E-state index in [1.165, 1.54) is 24.1 Å². The van der Waals surface area contributed by atoms with Crippen LogP contribution in [0.3, 0.4) is 0 Å². The predicted octanol–water partition coefficient (Wildman–Crippen LogP) is 14.6. The molecule has 5 aromatic rings. The van der Waals surface area contributed by atoms with Crippen LogP contribution in [0, 0.1) is 23.2 Å². The molecule has 77 heavy (non-hydrogen) atoms. The van der Waals surface area contributed by atoms with Gasteiger partial charge < -0.3 is 18.3 Å². The number of allylic oxidation sites excluding steroid dienone is 3. The molecule has 6 atom stereocenters. The molecule has 0 aromatic heterocycles. The lowest BCUT2D eigenvalue weighted by Crippen LogP contribution is -2.69. The van der Waals surface area contributed by atoms with Crippen LogP contribution in [0.25, 0.3) is 0 Å². The zero-order chi connectivity index (χ0) is 55.3. The lowest BCUT2D eigenvalue weighted by atomic mass is 9.60. The summed E-state index contributed by atoms with van der Waals surface area (Å²) in [4.78, 5) is -0.0854.